The third kappa shape index (κ3) is 4.10. The van der Waals surface area contributed by atoms with Gasteiger partial charge in [-0.25, -0.2) is 9.67 Å². The molecule has 0 radical (unpaired) electrons. The van der Waals surface area contributed by atoms with Gasteiger partial charge in [-0.15, -0.1) is 0 Å². The van der Waals surface area contributed by atoms with Crippen molar-refractivity contribution in [3.8, 4) is 5.75 Å². The third-order valence-corrected chi connectivity index (χ3v) is 4.79. The Balaban J connectivity index is 1.61. The van der Waals surface area contributed by atoms with Gasteiger partial charge in [0.05, 0.1) is 6.54 Å². The minimum absolute atomic E-state index is 0.340. The standard InChI is InChI=1S/C18H26N4O/c1-2-22-18(19-14-20-22)13-21-12-4-3-5-16(21)9-6-15-7-10-17(23)11-8-15/h7-8,10-11,14,16,23H,2-6,9,12-13H2,1H3. The number of hydrogen-bond donors (Lipinski definition) is 1. The number of benzene rings is 1. The molecule has 1 N–H and O–H groups in total. The molecule has 2 aromatic rings. The number of aromatic nitrogens is 3. The second kappa shape index (κ2) is 7.59. The van der Waals surface area contributed by atoms with Crippen molar-refractivity contribution >= 4 is 0 Å². The molecule has 1 unspecified atom stereocenters. The average Bonchev–Trinajstić information content (AvgIpc) is 3.03. The number of likely N-dealkylation sites (tertiary alicyclic amines) is 1. The Hall–Kier alpha value is -1.88. The van der Waals surface area contributed by atoms with Crippen molar-refractivity contribution < 1.29 is 5.11 Å². The number of rotatable bonds is 6. The maximum absolute atomic E-state index is 9.39. The van der Waals surface area contributed by atoms with E-state index in [1.54, 1.807) is 18.5 Å². The van der Waals surface area contributed by atoms with E-state index in [9.17, 15) is 5.11 Å². The molecular weight excluding hydrogens is 288 g/mol. The fourth-order valence-electron chi connectivity index (χ4n) is 3.45. The summed E-state index contributed by atoms with van der Waals surface area (Å²) in [7, 11) is 0. The second-order valence-electron chi connectivity index (χ2n) is 6.32. The molecule has 1 aliphatic rings. The van der Waals surface area contributed by atoms with Gasteiger partial charge in [0.2, 0.25) is 0 Å². The summed E-state index contributed by atoms with van der Waals surface area (Å²) in [6, 6.07) is 8.21. The second-order valence-corrected chi connectivity index (χ2v) is 6.32. The van der Waals surface area contributed by atoms with Gasteiger partial charge in [-0.05, 0) is 56.8 Å². The van der Waals surface area contributed by atoms with Gasteiger partial charge in [0.15, 0.2) is 0 Å². The van der Waals surface area contributed by atoms with E-state index in [1.165, 1.54) is 24.8 Å². The van der Waals surface area contributed by atoms with Gasteiger partial charge in [-0.2, -0.15) is 5.10 Å². The van der Waals surface area contributed by atoms with E-state index >= 15 is 0 Å². The number of nitrogens with zero attached hydrogens (tertiary/aromatic N) is 4. The fourth-order valence-corrected chi connectivity index (χ4v) is 3.45. The fraction of sp³-hybridized carbons (Fsp3) is 0.556. The lowest BCUT2D eigenvalue weighted by Crippen LogP contribution is -2.39. The highest BCUT2D eigenvalue weighted by molar-refractivity contribution is 5.25. The van der Waals surface area contributed by atoms with Crippen molar-refractivity contribution in [1.29, 1.82) is 0 Å². The number of aryl methyl sites for hydroxylation is 2. The van der Waals surface area contributed by atoms with Crippen molar-refractivity contribution in [2.45, 2.75) is 58.2 Å². The Morgan fingerprint density at radius 1 is 1.22 bits per heavy atom. The highest BCUT2D eigenvalue weighted by atomic mass is 16.3. The molecule has 1 aromatic heterocycles. The van der Waals surface area contributed by atoms with E-state index in [-0.39, 0.29) is 0 Å². The van der Waals surface area contributed by atoms with Crippen LogP contribution in [0.5, 0.6) is 5.75 Å². The predicted octanol–water partition coefficient (Wildman–Crippen LogP) is 2.99. The Morgan fingerprint density at radius 2 is 2.04 bits per heavy atom. The van der Waals surface area contributed by atoms with Crippen LogP contribution in [-0.4, -0.2) is 37.4 Å². The SMILES string of the molecule is CCn1ncnc1CN1CCCCC1CCc1ccc(O)cc1. The van der Waals surface area contributed by atoms with Crippen LogP contribution in [0.15, 0.2) is 30.6 Å². The van der Waals surface area contributed by atoms with Gasteiger partial charge >= 0.3 is 0 Å². The number of aromatic hydroxyl groups is 1. The summed E-state index contributed by atoms with van der Waals surface area (Å²) >= 11 is 0. The van der Waals surface area contributed by atoms with Crippen LogP contribution in [0.2, 0.25) is 0 Å². The number of hydrogen-bond acceptors (Lipinski definition) is 4. The monoisotopic (exact) mass is 314 g/mol. The summed E-state index contributed by atoms with van der Waals surface area (Å²) in [6.07, 6.45) is 7.73. The maximum atomic E-state index is 9.39. The summed E-state index contributed by atoms with van der Waals surface area (Å²) in [5.41, 5.74) is 1.30. The smallest absolute Gasteiger partial charge is 0.141 e. The molecule has 0 spiro atoms. The Labute approximate surface area is 138 Å². The summed E-state index contributed by atoms with van der Waals surface area (Å²) in [5.74, 6) is 1.41. The number of phenolic OH excluding ortho intramolecular Hbond substituents is 1. The molecule has 5 heteroatoms. The van der Waals surface area contributed by atoms with Crippen LogP contribution in [0.3, 0.4) is 0 Å². The van der Waals surface area contributed by atoms with Crippen LogP contribution in [-0.2, 0) is 19.5 Å². The van der Waals surface area contributed by atoms with Crippen LogP contribution in [0, 0.1) is 0 Å². The molecule has 0 amide bonds. The van der Waals surface area contributed by atoms with E-state index in [4.69, 9.17) is 0 Å². The minimum Gasteiger partial charge on any atom is -0.508 e. The van der Waals surface area contributed by atoms with E-state index in [0.29, 0.717) is 11.8 Å². The normalized spacial score (nSPS) is 19.1. The van der Waals surface area contributed by atoms with Gasteiger partial charge < -0.3 is 5.11 Å². The predicted molar refractivity (Wildman–Crippen MR) is 90.2 cm³/mol. The molecule has 124 valence electrons. The van der Waals surface area contributed by atoms with Crippen LogP contribution in [0.25, 0.3) is 0 Å². The van der Waals surface area contributed by atoms with E-state index in [0.717, 1.165) is 38.3 Å². The van der Waals surface area contributed by atoms with Crippen molar-refractivity contribution in [3.05, 3.63) is 42.0 Å². The lowest BCUT2D eigenvalue weighted by Gasteiger charge is -2.35. The summed E-state index contributed by atoms with van der Waals surface area (Å²) in [4.78, 5) is 7.00. The molecule has 1 aromatic carbocycles. The van der Waals surface area contributed by atoms with E-state index in [2.05, 4.69) is 21.9 Å². The average molecular weight is 314 g/mol. The quantitative estimate of drug-likeness (QED) is 0.890. The lowest BCUT2D eigenvalue weighted by atomic mass is 9.96. The van der Waals surface area contributed by atoms with Crippen molar-refractivity contribution in [1.82, 2.24) is 19.7 Å². The van der Waals surface area contributed by atoms with Gasteiger partial charge in [0.1, 0.15) is 17.9 Å². The van der Waals surface area contributed by atoms with Crippen molar-refractivity contribution in [3.63, 3.8) is 0 Å². The summed E-state index contributed by atoms with van der Waals surface area (Å²) in [6.45, 7) is 5.03. The summed E-state index contributed by atoms with van der Waals surface area (Å²) in [5, 5.41) is 13.7. The zero-order chi connectivity index (χ0) is 16.1. The van der Waals surface area contributed by atoms with Gasteiger partial charge in [0, 0.05) is 12.6 Å². The minimum atomic E-state index is 0.340. The van der Waals surface area contributed by atoms with Crippen molar-refractivity contribution in [2.75, 3.05) is 6.54 Å². The van der Waals surface area contributed by atoms with E-state index < -0.39 is 0 Å². The number of phenols is 1. The largest absolute Gasteiger partial charge is 0.508 e. The molecule has 23 heavy (non-hydrogen) atoms. The molecule has 0 aliphatic carbocycles. The zero-order valence-corrected chi connectivity index (χ0v) is 13.9. The molecule has 0 saturated carbocycles. The molecule has 1 atom stereocenters. The Bertz CT molecular complexity index is 608. The van der Waals surface area contributed by atoms with Crippen LogP contribution < -0.4 is 0 Å². The molecule has 2 heterocycles. The topological polar surface area (TPSA) is 54.2 Å². The van der Waals surface area contributed by atoms with Crippen molar-refractivity contribution in [2.24, 2.45) is 0 Å². The maximum Gasteiger partial charge on any atom is 0.141 e. The molecule has 1 saturated heterocycles. The molecule has 3 rings (SSSR count). The first-order chi connectivity index (χ1) is 11.3. The molecule has 1 aliphatic heterocycles. The molecule has 5 nitrogen and oxygen atoms in total. The first-order valence-electron chi connectivity index (χ1n) is 8.65. The molecule has 1 fully saturated rings. The van der Waals surface area contributed by atoms with Gasteiger partial charge in [0.25, 0.3) is 0 Å². The zero-order valence-electron chi connectivity index (χ0n) is 13.9. The Kier molecular flexibility index (Phi) is 5.28. The highest BCUT2D eigenvalue weighted by Gasteiger charge is 2.23. The summed E-state index contributed by atoms with van der Waals surface area (Å²) < 4.78 is 1.99. The highest BCUT2D eigenvalue weighted by Crippen LogP contribution is 2.23. The van der Waals surface area contributed by atoms with Gasteiger partial charge in [-0.3, -0.25) is 4.90 Å². The molecule has 0 bridgehead atoms. The van der Waals surface area contributed by atoms with E-state index in [1.807, 2.05) is 16.8 Å². The number of piperidine rings is 1. The van der Waals surface area contributed by atoms with Crippen LogP contribution >= 0.6 is 0 Å². The lowest BCUT2D eigenvalue weighted by molar-refractivity contribution is 0.127. The first-order valence-corrected chi connectivity index (χ1v) is 8.65. The van der Waals surface area contributed by atoms with Crippen LogP contribution in [0.4, 0.5) is 0 Å². The third-order valence-electron chi connectivity index (χ3n) is 4.79. The van der Waals surface area contributed by atoms with Gasteiger partial charge in [-0.1, -0.05) is 18.6 Å². The first kappa shape index (κ1) is 16.0. The Morgan fingerprint density at radius 3 is 2.83 bits per heavy atom. The van der Waals surface area contributed by atoms with Crippen LogP contribution in [0.1, 0.15) is 44.0 Å². The molecular formula is C18H26N4O.